The average molecular weight is 265 g/mol. The van der Waals surface area contributed by atoms with E-state index in [0.717, 1.165) is 25.7 Å². The molecule has 2 nitrogen and oxygen atoms in total. The Kier molecular flexibility index (Phi) is 4.54. The third-order valence-corrected chi connectivity index (χ3v) is 3.96. The van der Waals surface area contributed by atoms with E-state index in [4.69, 9.17) is 11.6 Å². The van der Waals surface area contributed by atoms with Crippen molar-refractivity contribution in [2.75, 3.05) is 0 Å². The zero-order valence-electron chi connectivity index (χ0n) is 10.3. The van der Waals surface area contributed by atoms with Crippen molar-refractivity contribution in [2.45, 2.75) is 37.5 Å². The van der Waals surface area contributed by atoms with Crippen LogP contribution in [0.4, 0.5) is 0 Å². The second-order valence-electron chi connectivity index (χ2n) is 4.83. The molecule has 0 radical (unpaired) electrons. The number of carbonyl (C=O) groups excluding carboxylic acids is 2. The van der Waals surface area contributed by atoms with E-state index in [1.165, 1.54) is 6.42 Å². The maximum absolute atomic E-state index is 12.2. The third kappa shape index (κ3) is 2.99. The average Bonchev–Trinajstić information content (AvgIpc) is 2.47. The predicted octanol–water partition coefficient (Wildman–Crippen LogP) is 3.63. The molecule has 1 unspecified atom stereocenters. The van der Waals surface area contributed by atoms with Gasteiger partial charge in [0.05, 0.1) is 0 Å². The number of hydrogen-bond acceptors (Lipinski definition) is 2. The smallest absolute Gasteiger partial charge is 0.188 e. The molecule has 0 amide bonds. The van der Waals surface area contributed by atoms with Gasteiger partial charge in [-0.3, -0.25) is 9.59 Å². The van der Waals surface area contributed by atoms with Gasteiger partial charge in [-0.25, -0.2) is 0 Å². The summed E-state index contributed by atoms with van der Waals surface area (Å²) in [6, 6.07) is 8.80. The summed E-state index contributed by atoms with van der Waals surface area (Å²) in [5, 5.41) is -1.02. The molecule has 2 rings (SSSR count). The minimum Gasteiger partial charge on any atom is -0.297 e. The first-order chi connectivity index (χ1) is 8.70. The van der Waals surface area contributed by atoms with Crippen molar-refractivity contribution in [3.63, 3.8) is 0 Å². The van der Waals surface area contributed by atoms with Gasteiger partial charge in [0.15, 0.2) is 16.9 Å². The fourth-order valence-electron chi connectivity index (χ4n) is 2.47. The second kappa shape index (κ2) is 6.14. The van der Waals surface area contributed by atoms with Gasteiger partial charge in [-0.15, -0.1) is 11.6 Å². The van der Waals surface area contributed by atoms with Crippen LogP contribution < -0.4 is 0 Å². The van der Waals surface area contributed by atoms with Crippen LogP contribution in [0.5, 0.6) is 0 Å². The van der Waals surface area contributed by atoms with E-state index in [1.54, 1.807) is 24.3 Å². The topological polar surface area (TPSA) is 34.1 Å². The van der Waals surface area contributed by atoms with Gasteiger partial charge in [-0.2, -0.15) is 0 Å². The van der Waals surface area contributed by atoms with Gasteiger partial charge in [-0.1, -0.05) is 49.6 Å². The van der Waals surface area contributed by atoms with Crippen LogP contribution in [0.1, 0.15) is 42.5 Å². The largest absolute Gasteiger partial charge is 0.297 e. The summed E-state index contributed by atoms with van der Waals surface area (Å²) in [6.45, 7) is 0. The van der Waals surface area contributed by atoms with E-state index in [-0.39, 0.29) is 17.5 Å². The first kappa shape index (κ1) is 13.3. The maximum Gasteiger partial charge on any atom is 0.188 e. The normalized spacial score (nSPS) is 18.3. The molecule has 0 aromatic heterocycles. The van der Waals surface area contributed by atoms with E-state index >= 15 is 0 Å². The van der Waals surface area contributed by atoms with Crippen LogP contribution in [-0.4, -0.2) is 16.9 Å². The second-order valence-corrected chi connectivity index (χ2v) is 5.27. The number of carbonyl (C=O) groups is 2. The molecule has 3 heteroatoms. The van der Waals surface area contributed by atoms with Gasteiger partial charge in [0.2, 0.25) is 0 Å². The van der Waals surface area contributed by atoms with Crippen LogP contribution in [-0.2, 0) is 4.79 Å². The van der Waals surface area contributed by atoms with Crippen LogP contribution in [0.2, 0.25) is 0 Å². The summed E-state index contributed by atoms with van der Waals surface area (Å²) in [7, 11) is 0. The standard InChI is InChI=1S/C15H17ClO2/c16-13(14(17)11-7-3-1-4-8-11)15(18)12-9-5-2-6-10-12/h1,3-4,7-8,12-13H,2,5-6,9-10H2. The molecule has 0 N–H and O–H groups in total. The van der Waals surface area contributed by atoms with E-state index in [2.05, 4.69) is 0 Å². The van der Waals surface area contributed by atoms with Gasteiger partial charge in [-0.05, 0) is 12.8 Å². The van der Waals surface area contributed by atoms with E-state index < -0.39 is 5.38 Å². The summed E-state index contributed by atoms with van der Waals surface area (Å²) in [4.78, 5) is 24.2. The van der Waals surface area contributed by atoms with Crippen LogP contribution in [0.15, 0.2) is 30.3 Å². The molecular weight excluding hydrogens is 248 g/mol. The van der Waals surface area contributed by atoms with Gasteiger partial charge < -0.3 is 0 Å². The predicted molar refractivity (Wildman–Crippen MR) is 72.0 cm³/mol. The van der Waals surface area contributed by atoms with Crippen molar-refractivity contribution in [3.8, 4) is 0 Å². The Hall–Kier alpha value is -1.15. The highest BCUT2D eigenvalue weighted by molar-refractivity contribution is 6.44. The molecule has 0 bridgehead atoms. The van der Waals surface area contributed by atoms with Gasteiger partial charge in [0.25, 0.3) is 0 Å². The molecule has 96 valence electrons. The minimum atomic E-state index is -1.02. The molecule has 1 aliphatic carbocycles. The third-order valence-electron chi connectivity index (χ3n) is 3.55. The maximum atomic E-state index is 12.2. The van der Waals surface area contributed by atoms with Crippen LogP contribution >= 0.6 is 11.6 Å². The number of alkyl halides is 1. The summed E-state index contributed by atoms with van der Waals surface area (Å²) in [5.41, 5.74) is 0.515. The molecule has 1 aromatic carbocycles. The van der Waals surface area contributed by atoms with E-state index in [1.807, 2.05) is 6.07 Å². The molecule has 0 aliphatic heterocycles. The molecule has 1 aromatic rings. The Morgan fingerprint density at radius 1 is 1.06 bits per heavy atom. The van der Waals surface area contributed by atoms with Crippen molar-refractivity contribution >= 4 is 23.2 Å². The lowest BCUT2D eigenvalue weighted by Gasteiger charge is -2.22. The molecular formula is C15H17ClO2. The molecule has 1 aliphatic rings. The van der Waals surface area contributed by atoms with Crippen molar-refractivity contribution in [1.29, 1.82) is 0 Å². The first-order valence-electron chi connectivity index (χ1n) is 6.47. The quantitative estimate of drug-likeness (QED) is 0.473. The molecule has 1 atom stereocenters. The lowest BCUT2D eigenvalue weighted by atomic mass is 9.84. The SMILES string of the molecule is O=C(c1ccccc1)C(Cl)C(=O)C1CCCCC1. The van der Waals surface area contributed by atoms with E-state index in [0.29, 0.717) is 5.56 Å². The summed E-state index contributed by atoms with van der Waals surface area (Å²) >= 11 is 6.05. The first-order valence-corrected chi connectivity index (χ1v) is 6.91. The number of ketones is 2. The number of halogens is 1. The summed E-state index contributed by atoms with van der Waals surface area (Å²) in [6.07, 6.45) is 5.08. The molecule has 0 heterocycles. The van der Waals surface area contributed by atoms with Crippen LogP contribution in [0.25, 0.3) is 0 Å². The zero-order valence-corrected chi connectivity index (χ0v) is 11.0. The van der Waals surface area contributed by atoms with Crippen molar-refractivity contribution in [2.24, 2.45) is 5.92 Å². The summed E-state index contributed by atoms with van der Waals surface area (Å²) < 4.78 is 0. The number of Topliss-reactive ketones (excluding diaryl/α,β-unsaturated/α-hetero) is 2. The van der Waals surface area contributed by atoms with Gasteiger partial charge >= 0.3 is 0 Å². The van der Waals surface area contributed by atoms with Crippen molar-refractivity contribution < 1.29 is 9.59 Å². The van der Waals surface area contributed by atoms with Gasteiger partial charge in [0, 0.05) is 11.5 Å². The van der Waals surface area contributed by atoms with Crippen molar-refractivity contribution in [1.82, 2.24) is 0 Å². The Balaban J connectivity index is 2.04. The highest BCUT2D eigenvalue weighted by Gasteiger charge is 2.31. The Morgan fingerprint density at radius 2 is 1.67 bits per heavy atom. The number of hydrogen-bond donors (Lipinski definition) is 0. The van der Waals surface area contributed by atoms with Crippen LogP contribution in [0.3, 0.4) is 0 Å². The van der Waals surface area contributed by atoms with Crippen LogP contribution in [0, 0.1) is 5.92 Å². The Morgan fingerprint density at radius 3 is 2.28 bits per heavy atom. The van der Waals surface area contributed by atoms with Gasteiger partial charge in [0.1, 0.15) is 0 Å². The molecule has 1 saturated carbocycles. The highest BCUT2D eigenvalue weighted by Crippen LogP contribution is 2.27. The lowest BCUT2D eigenvalue weighted by molar-refractivity contribution is -0.122. The fourth-order valence-corrected chi connectivity index (χ4v) is 2.78. The number of rotatable bonds is 4. The van der Waals surface area contributed by atoms with Crippen molar-refractivity contribution in [3.05, 3.63) is 35.9 Å². The molecule has 18 heavy (non-hydrogen) atoms. The lowest BCUT2D eigenvalue weighted by Crippen LogP contribution is -2.32. The number of benzene rings is 1. The Labute approximate surface area is 112 Å². The monoisotopic (exact) mass is 264 g/mol. The highest BCUT2D eigenvalue weighted by atomic mass is 35.5. The minimum absolute atomic E-state index is 0.0195. The molecule has 0 spiro atoms. The summed E-state index contributed by atoms with van der Waals surface area (Å²) in [5.74, 6) is -0.382. The molecule has 1 fully saturated rings. The zero-order chi connectivity index (χ0) is 13.0. The Bertz CT molecular complexity index is 421. The molecule has 0 saturated heterocycles. The fraction of sp³-hybridized carbons (Fsp3) is 0.467. The van der Waals surface area contributed by atoms with E-state index in [9.17, 15) is 9.59 Å².